The smallest absolute Gasteiger partial charge is 0.311 e. The molecule has 48 heavy (non-hydrogen) atoms. The molecule has 0 aromatic carbocycles. The molecule has 0 aromatic rings. The summed E-state index contributed by atoms with van der Waals surface area (Å²) in [6, 6.07) is -0.219. The summed E-state index contributed by atoms with van der Waals surface area (Å²) in [6.45, 7) is 14.6. The van der Waals surface area contributed by atoms with Crippen molar-refractivity contribution >= 4 is 11.8 Å². The van der Waals surface area contributed by atoms with E-state index >= 15 is 0 Å². The van der Waals surface area contributed by atoms with Gasteiger partial charge in [0.15, 0.2) is 24.0 Å². The quantitative estimate of drug-likeness (QED) is 0.274. The number of nitrogens with zero attached hydrogens (tertiary/aromatic N) is 1. The van der Waals surface area contributed by atoms with Crippen LogP contribution in [-0.2, 0) is 42.7 Å². The van der Waals surface area contributed by atoms with E-state index in [1.54, 1.807) is 34.6 Å². The molecule has 0 saturated carbocycles. The Labute approximate surface area is 285 Å². The van der Waals surface area contributed by atoms with Crippen molar-refractivity contribution in [1.29, 1.82) is 0 Å². The lowest BCUT2D eigenvalue weighted by molar-refractivity contribution is -0.299. The number of carbonyl (C=O) groups excluding carboxylic acids is 2. The molecule has 13 heteroatoms. The van der Waals surface area contributed by atoms with Gasteiger partial charge in [0.25, 0.3) is 0 Å². The molecule has 0 aromatic heterocycles. The first-order valence-corrected chi connectivity index (χ1v) is 17.7. The Morgan fingerprint density at radius 2 is 1.44 bits per heavy atom. The van der Waals surface area contributed by atoms with Crippen LogP contribution in [-0.4, -0.2) is 139 Å². The van der Waals surface area contributed by atoms with Crippen molar-refractivity contribution in [2.75, 3.05) is 27.8 Å². The Morgan fingerprint density at radius 3 is 2.02 bits per heavy atom. The molecule has 13 nitrogen and oxygen atoms in total. The third-order valence-electron chi connectivity index (χ3n) is 11.4. The summed E-state index contributed by atoms with van der Waals surface area (Å²) < 4.78 is 43.0. The van der Waals surface area contributed by atoms with Crippen molar-refractivity contribution in [3.63, 3.8) is 0 Å². The normalized spacial score (nSPS) is 49.9. The number of ether oxygens (including phenoxy) is 7. The Morgan fingerprint density at radius 1 is 0.792 bits per heavy atom. The van der Waals surface area contributed by atoms with Gasteiger partial charge in [-0.2, -0.15) is 0 Å². The third kappa shape index (κ3) is 8.43. The predicted molar refractivity (Wildman–Crippen MR) is 174 cm³/mol. The van der Waals surface area contributed by atoms with Crippen LogP contribution in [0.15, 0.2) is 0 Å². The molecule has 0 bridgehead atoms. The van der Waals surface area contributed by atoms with Gasteiger partial charge in [-0.3, -0.25) is 9.59 Å². The number of rotatable bonds is 6. The van der Waals surface area contributed by atoms with Crippen LogP contribution in [0.4, 0.5) is 0 Å². The second-order valence-corrected chi connectivity index (χ2v) is 15.3. The van der Waals surface area contributed by atoms with E-state index in [4.69, 9.17) is 33.2 Å². The zero-order chi connectivity index (χ0) is 35.8. The number of hydrogen-bond acceptors (Lipinski definition) is 13. The fraction of sp³-hybridized carbons (Fsp3) is 0.943. The molecule has 0 unspecified atom stereocenters. The molecule has 4 fully saturated rings. The summed E-state index contributed by atoms with van der Waals surface area (Å²) in [5.41, 5.74) is -1.10. The molecule has 4 rings (SSSR count). The highest BCUT2D eigenvalue weighted by Crippen LogP contribution is 2.43. The van der Waals surface area contributed by atoms with Crippen LogP contribution in [0.1, 0.15) is 74.7 Å². The monoisotopic (exact) mass is 687 g/mol. The van der Waals surface area contributed by atoms with Gasteiger partial charge in [0, 0.05) is 37.3 Å². The summed E-state index contributed by atoms with van der Waals surface area (Å²) in [6.07, 6.45) is -7.15. The number of likely N-dealkylation sites (N-methyl/N-ethyl adjacent to an activating group) is 1. The third-order valence-corrected chi connectivity index (χ3v) is 11.4. The highest BCUT2D eigenvalue weighted by Gasteiger charge is 2.57. The van der Waals surface area contributed by atoms with Gasteiger partial charge >= 0.3 is 5.97 Å². The van der Waals surface area contributed by atoms with Gasteiger partial charge in [-0.15, -0.1) is 0 Å². The largest absolute Gasteiger partial charge is 0.462 e. The maximum Gasteiger partial charge on any atom is 0.311 e. The number of cyclic esters (lactones) is 1. The Balaban J connectivity index is 1.75. The lowest BCUT2D eigenvalue weighted by Gasteiger charge is -2.46. The molecular formula is C35H61NO12. The van der Waals surface area contributed by atoms with E-state index in [1.807, 2.05) is 39.8 Å². The summed E-state index contributed by atoms with van der Waals surface area (Å²) in [5.74, 6) is -3.74. The van der Waals surface area contributed by atoms with E-state index in [2.05, 4.69) is 0 Å². The van der Waals surface area contributed by atoms with Crippen molar-refractivity contribution in [2.45, 2.75) is 154 Å². The van der Waals surface area contributed by atoms with Crippen LogP contribution >= 0.6 is 0 Å². The van der Waals surface area contributed by atoms with Gasteiger partial charge in [-0.05, 0) is 60.5 Å². The van der Waals surface area contributed by atoms with Gasteiger partial charge < -0.3 is 53.4 Å². The fourth-order valence-electron chi connectivity index (χ4n) is 7.89. The number of esters is 1. The zero-order valence-electron chi connectivity index (χ0n) is 30.6. The average Bonchev–Trinajstić information content (AvgIpc) is 3.82. The summed E-state index contributed by atoms with van der Waals surface area (Å²) in [7, 11) is 5.32. The van der Waals surface area contributed by atoms with Gasteiger partial charge in [-0.25, -0.2) is 0 Å². The summed E-state index contributed by atoms with van der Waals surface area (Å²) in [5, 5.41) is 33.3. The molecule has 0 amide bonds. The molecule has 4 saturated heterocycles. The van der Waals surface area contributed by atoms with Gasteiger partial charge in [0.05, 0.1) is 49.1 Å². The highest BCUT2D eigenvalue weighted by atomic mass is 16.7. The Hall–Kier alpha value is -1.26. The lowest BCUT2D eigenvalue weighted by Crippen LogP contribution is -2.57. The number of aliphatic hydroxyl groups is 3. The van der Waals surface area contributed by atoms with E-state index in [1.165, 1.54) is 7.11 Å². The second-order valence-electron chi connectivity index (χ2n) is 15.3. The number of epoxide rings is 1. The van der Waals surface area contributed by atoms with Crippen LogP contribution < -0.4 is 0 Å². The number of aliphatic hydroxyl groups excluding tert-OH is 3. The second kappa shape index (κ2) is 16.0. The molecule has 278 valence electrons. The first-order chi connectivity index (χ1) is 22.4. The number of hydrogen-bond donors (Lipinski definition) is 3. The van der Waals surface area contributed by atoms with Crippen molar-refractivity contribution in [3.8, 4) is 0 Å². The Kier molecular flexibility index (Phi) is 13.1. The van der Waals surface area contributed by atoms with Crippen molar-refractivity contribution in [2.24, 2.45) is 29.6 Å². The van der Waals surface area contributed by atoms with E-state index in [9.17, 15) is 24.9 Å². The first-order valence-electron chi connectivity index (χ1n) is 17.7. The standard InChI is InChI=1S/C35H61NO12/c1-16-14-35(15-43-35)32(40)19(4)27(37)18(3)22(7)46-33(41)21(6)31(47-26-13-25(42-11)28(38)23(8)45-26)20(5)30(16)48-34-29(39)24(36(9)10)12-17(2)44-34/h16-31,34,37-39H,12-15H2,1-11H3/t16-,17+,18-,19+,20+,21+,22+,23-,24-,25-,26-,27+,28-,29+,30-,31-,34-,35+/m0/s1. The molecule has 4 aliphatic rings. The van der Waals surface area contributed by atoms with Gasteiger partial charge in [0.2, 0.25) is 0 Å². The minimum Gasteiger partial charge on any atom is -0.462 e. The van der Waals surface area contributed by atoms with E-state index in [-0.39, 0.29) is 43.3 Å². The van der Waals surface area contributed by atoms with Crippen LogP contribution in [0.2, 0.25) is 0 Å². The molecular weight excluding hydrogens is 626 g/mol. The summed E-state index contributed by atoms with van der Waals surface area (Å²) in [4.78, 5) is 29.7. The molecule has 1 spiro atoms. The minimum atomic E-state index is -1.10. The maximum atomic E-state index is 13.9. The molecule has 0 radical (unpaired) electrons. The van der Waals surface area contributed by atoms with E-state index < -0.39 is 96.7 Å². The minimum absolute atomic E-state index is 0.198. The number of ketones is 1. The average molecular weight is 688 g/mol. The number of methoxy groups -OCH3 is 1. The maximum absolute atomic E-state index is 13.9. The zero-order valence-corrected chi connectivity index (χ0v) is 30.6. The highest BCUT2D eigenvalue weighted by molar-refractivity contribution is 5.92. The molecule has 4 heterocycles. The molecule has 4 aliphatic heterocycles. The van der Waals surface area contributed by atoms with Crippen molar-refractivity contribution in [3.05, 3.63) is 0 Å². The molecule has 0 aliphatic carbocycles. The van der Waals surface area contributed by atoms with E-state index in [0.717, 1.165) is 0 Å². The topological polar surface area (TPSA) is 166 Å². The van der Waals surface area contributed by atoms with Crippen LogP contribution in [0.3, 0.4) is 0 Å². The van der Waals surface area contributed by atoms with E-state index in [0.29, 0.717) is 6.42 Å². The Bertz CT molecular complexity index is 1090. The molecule has 3 N–H and O–H groups in total. The van der Waals surface area contributed by atoms with Crippen LogP contribution in [0.25, 0.3) is 0 Å². The molecule has 18 atom stereocenters. The van der Waals surface area contributed by atoms with Gasteiger partial charge in [0.1, 0.15) is 18.3 Å². The van der Waals surface area contributed by atoms with Crippen LogP contribution in [0.5, 0.6) is 0 Å². The van der Waals surface area contributed by atoms with Crippen molar-refractivity contribution in [1.82, 2.24) is 4.90 Å². The van der Waals surface area contributed by atoms with Gasteiger partial charge in [-0.1, -0.05) is 27.7 Å². The first kappa shape index (κ1) is 39.5. The number of Topliss-reactive ketones (excluding diaryl/α,β-unsaturated/α-hetero) is 1. The number of carbonyl (C=O) groups is 2. The SMILES string of the molecule is CO[C@H]1C[C@H](O[C@H]2[C@H](C)[C@@H](O[C@@H]3O[C@H](C)C[C@H](N(C)C)[C@H]3O)[C@@H](C)C[C@@]3(CO3)C(=O)[C@H](C)[C@H](O)[C@@H](C)[C@@H](C)OC(=O)[C@@H]2C)O[C@@H](C)[C@@H]1O. The fourth-order valence-corrected chi connectivity index (χ4v) is 7.89. The van der Waals surface area contributed by atoms with Crippen molar-refractivity contribution < 1.29 is 58.1 Å². The predicted octanol–water partition coefficient (Wildman–Crippen LogP) is 1.91. The summed E-state index contributed by atoms with van der Waals surface area (Å²) >= 11 is 0. The van der Waals surface area contributed by atoms with Crippen LogP contribution in [0, 0.1) is 29.6 Å². The lowest BCUT2D eigenvalue weighted by atomic mass is 9.76.